The highest BCUT2D eigenvalue weighted by Crippen LogP contribution is 2.15. The third-order valence-electron chi connectivity index (χ3n) is 2.71. The molecule has 0 spiro atoms. The van der Waals surface area contributed by atoms with Crippen LogP contribution in [0.1, 0.15) is 0 Å². The highest BCUT2D eigenvalue weighted by atomic mass is 32.2. The van der Waals surface area contributed by atoms with Crippen LogP contribution in [0.15, 0.2) is 53.4 Å². The van der Waals surface area contributed by atoms with Gasteiger partial charge in [0.1, 0.15) is 11.5 Å². The van der Waals surface area contributed by atoms with Crippen molar-refractivity contribution >= 4 is 27.5 Å². The maximum absolute atomic E-state index is 11.9. The second-order valence-electron chi connectivity index (χ2n) is 4.43. The molecule has 0 saturated heterocycles. The maximum atomic E-state index is 11.9. The molecule has 0 fully saturated rings. The SMILES string of the molecule is O=C(Nc1ccc(O)cc1)C(=O)NS(=O)(=O)c1ccc(O)cc1. The third-order valence-corrected chi connectivity index (χ3v) is 4.05. The largest absolute Gasteiger partial charge is 0.508 e. The first kappa shape index (κ1) is 16.3. The van der Waals surface area contributed by atoms with Gasteiger partial charge in [0, 0.05) is 5.69 Å². The molecule has 4 N–H and O–H groups in total. The predicted octanol–water partition coefficient (Wildman–Crippen LogP) is 0.541. The van der Waals surface area contributed by atoms with E-state index < -0.39 is 21.8 Å². The first-order valence-electron chi connectivity index (χ1n) is 6.24. The summed E-state index contributed by atoms with van der Waals surface area (Å²) in [7, 11) is -4.23. The van der Waals surface area contributed by atoms with Crippen molar-refractivity contribution in [3.63, 3.8) is 0 Å². The second-order valence-corrected chi connectivity index (χ2v) is 6.11. The molecule has 2 rings (SSSR count). The number of amides is 2. The molecular weight excluding hydrogens is 324 g/mol. The molecular formula is C14H12N2O6S. The minimum atomic E-state index is -4.23. The van der Waals surface area contributed by atoms with Gasteiger partial charge in [-0.15, -0.1) is 0 Å². The lowest BCUT2D eigenvalue weighted by molar-refractivity contribution is -0.135. The van der Waals surface area contributed by atoms with Gasteiger partial charge in [0.2, 0.25) is 0 Å². The Balaban J connectivity index is 2.06. The van der Waals surface area contributed by atoms with Gasteiger partial charge in [0.05, 0.1) is 4.90 Å². The van der Waals surface area contributed by atoms with Crippen molar-refractivity contribution in [3.8, 4) is 11.5 Å². The number of benzene rings is 2. The highest BCUT2D eigenvalue weighted by molar-refractivity contribution is 7.90. The fourth-order valence-corrected chi connectivity index (χ4v) is 2.53. The minimum absolute atomic E-state index is 0.0256. The van der Waals surface area contributed by atoms with Gasteiger partial charge in [0.25, 0.3) is 10.0 Å². The van der Waals surface area contributed by atoms with E-state index in [2.05, 4.69) is 5.32 Å². The second kappa shape index (κ2) is 6.36. The van der Waals surface area contributed by atoms with E-state index in [-0.39, 0.29) is 22.1 Å². The first-order chi connectivity index (χ1) is 10.8. The molecule has 0 aliphatic carbocycles. The van der Waals surface area contributed by atoms with Crippen LogP contribution in [0.3, 0.4) is 0 Å². The van der Waals surface area contributed by atoms with E-state index in [9.17, 15) is 18.0 Å². The Kier molecular flexibility index (Phi) is 4.51. The summed E-state index contributed by atoms with van der Waals surface area (Å²) in [5, 5.41) is 20.4. The predicted molar refractivity (Wildman–Crippen MR) is 80.2 cm³/mol. The van der Waals surface area contributed by atoms with E-state index in [0.29, 0.717) is 0 Å². The van der Waals surface area contributed by atoms with E-state index in [1.54, 1.807) is 4.72 Å². The molecule has 0 aliphatic heterocycles. The molecule has 0 heterocycles. The van der Waals surface area contributed by atoms with Crippen LogP contribution >= 0.6 is 0 Å². The van der Waals surface area contributed by atoms with Gasteiger partial charge in [0.15, 0.2) is 0 Å². The molecule has 120 valence electrons. The van der Waals surface area contributed by atoms with Crippen LogP contribution in [0.2, 0.25) is 0 Å². The summed E-state index contributed by atoms with van der Waals surface area (Å²) in [5.74, 6) is -2.72. The number of aromatic hydroxyl groups is 2. The minimum Gasteiger partial charge on any atom is -0.508 e. The Morgan fingerprint density at radius 2 is 1.26 bits per heavy atom. The lowest BCUT2D eigenvalue weighted by Gasteiger charge is -2.08. The smallest absolute Gasteiger partial charge is 0.323 e. The molecule has 23 heavy (non-hydrogen) atoms. The number of carbonyl (C=O) groups is 2. The van der Waals surface area contributed by atoms with Gasteiger partial charge >= 0.3 is 11.8 Å². The van der Waals surface area contributed by atoms with Crippen LogP contribution in [0.25, 0.3) is 0 Å². The van der Waals surface area contributed by atoms with Crippen molar-refractivity contribution in [1.82, 2.24) is 4.72 Å². The van der Waals surface area contributed by atoms with Gasteiger partial charge in [-0.05, 0) is 48.5 Å². The zero-order chi connectivity index (χ0) is 17.0. The molecule has 0 unspecified atom stereocenters. The number of phenolic OH excluding ortho intramolecular Hbond substituents is 2. The summed E-state index contributed by atoms with van der Waals surface area (Å²) in [5.41, 5.74) is 0.213. The standard InChI is InChI=1S/C14H12N2O6S/c17-10-3-1-9(2-4-10)15-13(19)14(20)16-23(21,22)12-7-5-11(18)6-8-12/h1-8,17-18H,(H,15,19)(H,16,20). The summed E-state index contributed by atoms with van der Waals surface area (Å²) in [6, 6.07) is 9.71. The zero-order valence-electron chi connectivity index (χ0n) is 11.6. The molecule has 0 saturated carbocycles. The first-order valence-corrected chi connectivity index (χ1v) is 7.72. The van der Waals surface area contributed by atoms with Crippen LogP contribution < -0.4 is 10.0 Å². The summed E-state index contributed by atoms with van der Waals surface area (Å²) >= 11 is 0. The fourth-order valence-electron chi connectivity index (χ4n) is 1.59. The van der Waals surface area contributed by atoms with Crippen LogP contribution in [-0.2, 0) is 19.6 Å². The van der Waals surface area contributed by atoms with Crippen LogP contribution in [0, 0.1) is 0 Å². The Morgan fingerprint density at radius 1 is 0.783 bits per heavy atom. The Hall–Kier alpha value is -3.07. The lowest BCUT2D eigenvalue weighted by atomic mass is 10.3. The molecule has 0 atom stereocenters. The Bertz CT molecular complexity index is 829. The average Bonchev–Trinajstić information content (AvgIpc) is 2.49. The van der Waals surface area contributed by atoms with Crippen LogP contribution in [-0.4, -0.2) is 30.4 Å². The Morgan fingerprint density at radius 3 is 1.78 bits per heavy atom. The molecule has 0 radical (unpaired) electrons. The number of carbonyl (C=O) groups excluding carboxylic acids is 2. The number of hydrogen-bond donors (Lipinski definition) is 4. The van der Waals surface area contributed by atoms with E-state index >= 15 is 0 Å². The molecule has 2 aromatic rings. The quantitative estimate of drug-likeness (QED) is 0.478. The molecule has 2 amide bonds. The maximum Gasteiger partial charge on any atom is 0.323 e. The van der Waals surface area contributed by atoms with E-state index in [1.165, 1.54) is 24.3 Å². The van der Waals surface area contributed by atoms with Crippen LogP contribution in [0.4, 0.5) is 5.69 Å². The van der Waals surface area contributed by atoms with Gasteiger partial charge in [-0.3, -0.25) is 9.59 Å². The van der Waals surface area contributed by atoms with Crippen molar-refractivity contribution in [2.75, 3.05) is 5.32 Å². The van der Waals surface area contributed by atoms with Crippen molar-refractivity contribution in [3.05, 3.63) is 48.5 Å². The number of hydrogen-bond acceptors (Lipinski definition) is 6. The highest BCUT2D eigenvalue weighted by Gasteiger charge is 2.22. The Labute approximate surface area is 131 Å². The number of phenols is 2. The van der Waals surface area contributed by atoms with Crippen molar-refractivity contribution < 1.29 is 28.2 Å². The average molecular weight is 336 g/mol. The van der Waals surface area contributed by atoms with Crippen molar-refractivity contribution in [1.29, 1.82) is 0 Å². The monoisotopic (exact) mass is 336 g/mol. The molecule has 0 bridgehead atoms. The zero-order valence-corrected chi connectivity index (χ0v) is 12.4. The third kappa shape index (κ3) is 4.20. The summed E-state index contributed by atoms with van der Waals surface area (Å²) < 4.78 is 25.5. The summed E-state index contributed by atoms with van der Waals surface area (Å²) in [6.45, 7) is 0. The van der Waals surface area contributed by atoms with Gasteiger partial charge < -0.3 is 15.5 Å². The molecule has 0 aliphatic rings. The fraction of sp³-hybridized carbons (Fsp3) is 0. The topological polar surface area (TPSA) is 133 Å². The number of sulfonamides is 1. The van der Waals surface area contributed by atoms with E-state index in [4.69, 9.17) is 10.2 Å². The van der Waals surface area contributed by atoms with E-state index in [0.717, 1.165) is 24.3 Å². The number of rotatable bonds is 3. The molecule has 2 aromatic carbocycles. The van der Waals surface area contributed by atoms with Gasteiger partial charge in [-0.25, -0.2) is 13.1 Å². The van der Waals surface area contributed by atoms with Gasteiger partial charge in [-0.1, -0.05) is 0 Å². The van der Waals surface area contributed by atoms with Crippen molar-refractivity contribution in [2.24, 2.45) is 0 Å². The summed E-state index contributed by atoms with van der Waals surface area (Å²) in [6.07, 6.45) is 0. The molecule has 0 aromatic heterocycles. The normalized spacial score (nSPS) is 10.8. The number of anilines is 1. The van der Waals surface area contributed by atoms with Crippen molar-refractivity contribution in [2.45, 2.75) is 4.90 Å². The molecule has 9 heteroatoms. The lowest BCUT2D eigenvalue weighted by Crippen LogP contribution is -2.39. The van der Waals surface area contributed by atoms with E-state index in [1.807, 2.05) is 0 Å². The molecule has 8 nitrogen and oxygen atoms in total. The number of nitrogens with one attached hydrogen (secondary N) is 2. The summed E-state index contributed by atoms with van der Waals surface area (Å²) in [4.78, 5) is 23.1. The van der Waals surface area contributed by atoms with Gasteiger partial charge in [-0.2, -0.15) is 0 Å². The van der Waals surface area contributed by atoms with Crippen LogP contribution in [0.5, 0.6) is 11.5 Å².